The van der Waals surface area contributed by atoms with Crippen LogP contribution < -0.4 is 10.6 Å². The molecular formula is C23H18FN5O2S. The van der Waals surface area contributed by atoms with E-state index in [1.54, 1.807) is 59.5 Å². The molecule has 0 aliphatic rings. The SMILES string of the molecule is O=C(/C=C/c1ccc(-c2ccccc2F)s1)NCC(=O)Nc1ccc(-n2cncn2)cc1. The van der Waals surface area contributed by atoms with Crippen LogP contribution in [0.25, 0.3) is 22.2 Å². The third kappa shape index (κ3) is 5.32. The Labute approximate surface area is 187 Å². The van der Waals surface area contributed by atoms with E-state index in [9.17, 15) is 14.0 Å². The summed E-state index contributed by atoms with van der Waals surface area (Å²) in [5.41, 5.74) is 1.93. The molecule has 0 aliphatic heterocycles. The molecule has 4 aromatic rings. The maximum atomic E-state index is 13.9. The number of hydrogen-bond acceptors (Lipinski definition) is 5. The monoisotopic (exact) mass is 447 g/mol. The highest BCUT2D eigenvalue weighted by atomic mass is 32.1. The number of aromatic nitrogens is 3. The van der Waals surface area contributed by atoms with E-state index < -0.39 is 5.91 Å². The van der Waals surface area contributed by atoms with Crippen LogP contribution in [0.15, 0.2) is 79.4 Å². The predicted molar refractivity (Wildman–Crippen MR) is 122 cm³/mol. The normalized spacial score (nSPS) is 10.9. The van der Waals surface area contributed by atoms with Crippen LogP contribution in [-0.2, 0) is 9.59 Å². The summed E-state index contributed by atoms with van der Waals surface area (Å²) in [6.07, 6.45) is 5.99. The summed E-state index contributed by atoms with van der Waals surface area (Å²) in [6, 6.07) is 17.2. The van der Waals surface area contributed by atoms with Crippen LogP contribution >= 0.6 is 11.3 Å². The van der Waals surface area contributed by atoms with Crippen LogP contribution in [0.5, 0.6) is 0 Å². The smallest absolute Gasteiger partial charge is 0.244 e. The van der Waals surface area contributed by atoms with Crippen molar-refractivity contribution in [3.63, 3.8) is 0 Å². The first-order chi connectivity index (χ1) is 15.6. The van der Waals surface area contributed by atoms with Crippen LogP contribution in [0, 0.1) is 5.82 Å². The van der Waals surface area contributed by atoms with E-state index in [0.717, 1.165) is 15.4 Å². The zero-order valence-corrected chi connectivity index (χ0v) is 17.6. The molecule has 2 amide bonds. The van der Waals surface area contributed by atoms with Gasteiger partial charge in [0.25, 0.3) is 0 Å². The van der Waals surface area contributed by atoms with Crippen molar-refractivity contribution in [1.82, 2.24) is 20.1 Å². The molecule has 2 aromatic carbocycles. The maximum absolute atomic E-state index is 13.9. The molecular weight excluding hydrogens is 429 g/mol. The van der Waals surface area contributed by atoms with Crippen molar-refractivity contribution in [2.45, 2.75) is 0 Å². The summed E-state index contributed by atoms with van der Waals surface area (Å²) < 4.78 is 15.5. The van der Waals surface area contributed by atoms with E-state index in [0.29, 0.717) is 11.3 Å². The zero-order valence-electron chi connectivity index (χ0n) is 16.7. The fourth-order valence-electron chi connectivity index (χ4n) is 2.88. The molecule has 4 rings (SSSR count). The molecule has 0 bridgehead atoms. The number of rotatable bonds is 7. The number of nitrogens with one attached hydrogen (secondary N) is 2. The molecule has 2 N–H and O–H groups in total. The summed E-state index contributed by atoms with van der Waals surface area (Å²) >= 11 is 1.37. The van der Waals surface area contributed by atoms with Crippen LogP contribution in [-0.4, -0.2) is 33.1 Å². The van der Waals surface area contributed by atoms with Crippen molar-refractivity contribution in [2.24, 2.45) is 0 Å². The highest BCUT2D eigenvalue weighted by molar-refractivity contribution is 7.16. The maximum Gasteiger partial charge on any atom is 0.244 e. The van der Waals surface area contributed by atoms with Gasteiger partial charge in [0.15, 0.2) is 0 Å². The topological polar surface area (TPSA) is 88.9 Å². The minimum atomic E-state index is -0.400. The molecule has 0 atom stereocenters. The van der Waals surface area contributed by atoms with Gasteiger partial charge in [-0.05, 0) is 48.5 Å². The van der Waals surface area contributed by atoms with Gasteiger partial charge in [0, 0.05) is 27.1 Å². The summed E-state index contributed by atoms with van der Waals surface area (Å²) in [6.45, 7) is -0.168. The van der Waals surface area contributed by atoms with Crippen LogP contribution in [0.3, 0.4) is 0 Å². The van der Waals surface area contributed by atoms with Crippen molar-refractivity contribution < 1.29 is 14.0 Å². The Bertz CT molecular complexity index is 1250. The average molecular weight is 447 g/mol. The highest BCUT2D eigenvalue weighted by Crippen LogP contribution is 2.30. The van der Waals surface area contributed by atoms with Crippen molar-refractivity contribution in [3.8, 4) is 16.1 Å². The Morgan fingerprint density at radius 1 is 1.06 bits per heavy atom. The largest absolute Gasteiger partial charge is 0.343 e. The molecule has 0 radical (unpaired) electrons. The molecule has 0 unspecified atom stereocenters. The van der Waals surface area contributed by atoms with E-state index in [1.807, 2.05) is 12.1 Å². The van der Waals surface area contributed by atoms with Gasteiger partial charge in [0.05, 0.1) is 12.2 Å². The van der Waals surface area contributed by atoms with E-state index in [-0.39, 0.29) is 18.3 Å². The first kappa shape index (κ1) is 21.1. The van der Waals surface area contributed by atoms with Crippen molar-refractivity contribution in [3.05, 3.63) is 90.1 Å². The van der Waals surface area contributed by atoms with Gasteiger partial charge in [-0.3, -0.25) is 9.59 Å². The first-order valence-corrected chi connectivity index (χ1v) is 10.5. The number of thiophene rings is 1. The number of anilines is 1. The van der Waals surface area contributed by atoms with Gasteiger partial charge in [0.1, 0.15) is 18.5 Å². The zero-order chi connectivity index (χ0) is 22.3. The molecule has 0 spiro atoms. The third-order valence-corrected chi connectivity index (χ3v) is 5.51. The van der Waals surface area contributed by atoms with Crippen molar-refractivity contribution >= 4 is 34.9 Å². The van der Waals surface area contributed by atoms with Gasteiger partial charge in [-0.25, -0.2) is 14.1 Å². The molecule has 7 nitrogen and oxygen atoms in total. The lowest BCUT2D eigenvalue weighted by molar-refractivity contribution is -0.121. The second-order valence-electron chi connectivity index (χ2n) is 6.67. The Morgan fingerprint density at radius 3 is 2.62 bits per heavy atom. The number of nitrogens with zero attached hydrogens (tertiary/aromatic N) is 3. The van der Waals surface area contributed by atoms with Gasteiger partial charge in [-0.15, -0.1) is 11.3 Å². The second kappa shape index (κ2) is 9.80. The summed E-state index contributed by atoms with van der Waals surface area (Å²) in [4.78, 5) is 29.6. The minimum absolute atomic E-state index is 0.168. The van der Waals surface area contributed by atoms with Crippen molar-refractivity contribution in [2.75, 3.05) is 11.9 Å². The van der Waals surface area contributed by atoms with E-state index in [4.69, 9.17) is 0 Å². The third-order valence-electron chi connectivity index (χ3n) is 4.42. The average Bonchev–Trinajstić information content (AvgIpc) is 3.50. The van der Waals surface area contributed by atoms with Gasteiger partial charge >= 0.3 is 0 Å². The molecule has 9 heteroatoms. The van der Waals surface area contributed by atoms with E-state index in [1.165, 1.54) is 29.8 Å². The molecule has 0 saturated heterocycles. The molecule has 32 heavy (non-hydrogen) atoms. The first-order valence-electron chi connectivity index (χ1n) is 9.64. The fraction of sp³-hybridized carbons (Fsp3) is 0.0435. The molecule has 2 aromatic heterocycles. The standard InChI is InChI=1S/C23H18FN5O2S/c24-20-4-2-1-3-19(20)21-11-9-18(32-21)10-12-22(30)26-13-23(31)28-16-5-7-17(8-6-16)29-15-25-14-27-29/h1-12,14-15H,13H2,(H,26,30)(H,28,31)/b12-10+. The van der Waals surface area contributed by atoms with E-state index >= 15 is 0 Å². The van der Waals surface area contributed by atoms with E-state index in [2.05, 4.69) is 20.7 Å². The number of halogens is 1. The van der Waals surface area contributed by atoms with Gasteiger partial charge < -0.3 is 10.6 Å². The van der Waals surface area contributed by atoms with Gasteiger partial charge in [-0.2, -0.15) is 5.10 Å². The lowest BCUT2D eigenvalue weighted by Gasteiger charge is -2.07. The molecule has 0 fully saturated rings. The Balaban J connectivity index is 1.26. The molecule has 0 aliphatic carbocycles. The number of amides is 2. The summed E-state index contributed by atoms with van der Waals surface area (Å²) in [5, 5.41) is 9.29. The Morgan fingerprint density at radius 2 is 1.88 bits per heavy atom. The number of carbonyl (C=O) groups is 2. The van der Waals surface area contributed by atoms with Crippen LogP contribution in [0.1, 0.15) is 4.88 Å². The van der Waals surface area contributed by atoms with Crippen LogP contribution in [0.4, 0.5) is 10.1 Å². The minimum Gasteiger partial charge on any atom is -0.343 e. The Kier molecular flexibility index (Phi) is 6.47. The highest BCUT2D eigenvalue weighted by Gasteiger charge is 2.07. The lowest BCUT2D eigenvalue weighted by atomic mass is 10.2. The molecule has 0 saturated carbocycles. The number of hydrogen-bond donors (Lipinski definition) is 2. The second-order valence-corrected chi connectivity index (χ2v) is 7.78. The van der Waals surface area contributed by atoms with Crippen molar-refractivity contribution in [1.29, 1.82) is 0 Å². The van der Waals surface area contributed by atoms with Gasteiger partial charge in [-0.1, -0.05) is 18.2 Å². The number of benzene rings is 2. The fourth-order valence-corrected chi connectivity index (χ4v) is 3.81. The summed E-state index contributed by atoms with van der Waals surface area (Å²) in [7, 11) is 0. The number of carbonyl (C=O) groups excluding carboxylic acids is 2. The molecule has 160 valence electrons. The Hall–Kier alpha value is -4.11. The van der Waals surface area contributed by atoms with Gasteiger partial charge in [0.2, 0.25) is 11.8 Å². The summed E-state index contributed by atoms with van der Waals surface area (Å²) in [5.74, 6) is -1.04. The quantitative estimate of drug-likeness (QED) is 0.421. The van der Waals surface area contributed by atoms with Crippen LogP contribution in [0.2, 0.25) is 0 Å². The molecule has 2 heterocycles. The lowest BCUT2D eigenvalue weighted by Crippen LogP contribution is -2.31. The predicted octanol–water partition coefficient (Wildman–Crippen LogP) is 3.90.